The van der Waals surface area contributed by atoms with Crippen LogP contribution in [0.15, 0.2) is 18.2 Å². The molecule has 18 heavy (non-hydrogen) atoms. The SMILES string of the molecule is CCC(CC)CNC(=O)c1ccc(C)cc1NC. The lowest BCUT2D eigenvalue weighted by molar-refractivity contribution is 0.0947. The number of nitrogens with one attached hydrogen (secondary N) is 2. The molecule has 0 unspecified atom stereocenters. The van der Waals surface area contributed by atoms with E-state index in [9.17, 15) is 4.79 Å². The molecule has 0 aliphatic heterocycles. The summed E-state index contributed by atoms with van der Waals surface area (Å²) in [6.07, 6.45) is 2.20. The second kappa shape index (κ2) is 7.04. The molecule has 3 nitrogen and oxygen atoms in total. The van der Waals surface area contributed by atoms with Crippen LogP contribution in [0, 0.1) is 12.8 Å². The molecule has 2 N–H and O–H groups in total. The quantitative estimate of drug-likeness (QED) is 0.811. The van der Waals surface area contributed by atoms with Crippen molar-refractivity contribution >= 4 is 11.6 Å². The maximum atomic E-state index is 12.1. The van der Waals surface area contributed by atoms with Crippen LogP contribution in [-0.2, 0) is 0 Å². The van der Waals surface area contributed by atoms with Crippen LogP contribution in [-0.4, -0.2) is 19.5 Å². The fraction of sp³-hybridized carbons (Fsp3) is 0.533. The van der Waals surface area contributed by atoms with E-state index in [1.54, 1.807) is 0 Å². The van der Waals surface area contributed by atoms with E-state index in [4.69, 9.17) is 0 Å². The Hall–Kier alpha value is -1.51. The Morgan fingerprint density at radius 1 is 1.28 bits per heavy atom. The fourth-order valence-electron chi connectivity index (χ4n) is 1.97. The highest BCUT2D eigenvalue weighted by Crippen LogP contribution is 2.17. The van der Waals surface area contributed by atoms with Gasteiger partial charge in [0.05, 0.1) is 5.56 Å². The molecule has 1 aromatic carbocycles. The van der Waals surface area contributed by atoms with Crippen molar-refractivity contribution in [2.24, 2.45) is 5.92 Å². The first-order valence-electron chi connectivity index (χ1n) is 6.68. The topological polar surface area (TPSA) is 41.1 Å². The van der Waals surface area contributed by atoms with Gasteiger partial charge in [-0.3, -0.25) is 4.79 Å². The van der Waals surface area contributed by atoms with Crippen LogP contribution in [0.4, 0.5) is 5.69 Å². The van der Waals surface area contributed by atoms with Gasteiger partial charge in [-0.2, -0.15) is 0 Å². The summed E-state index contributed by atoms with van der Waals surface area (Å²) in [7, 11) is 1.84. The van der Waals surface area contributed by atoms with Crippen LogP contribution < -0.4 is 10.6 Å². The zero-order valence-corrected chi connectivity index (χ0v) is 11.8. The molecular formula is C15H24N2O. The molecule has 0 radical (unpaired) electrons. The molecule has 1 amide bonds. The number of anilines is 1. The summed E-state index contributed by atoms with van der Waals surface area (Å²) in [6, 6.07) is 5.84. The molecule has 0 aromatic heterocycles. The van der Waals surface area contributed by atoms with E-state index < -0.39 is 0 Å². The van der Waals surface area contributed by atoms with Gasteiger partial charge in [0.15, 0.2) is 0 Å². The number of rotatable bonds is 6. The van der Waals surface area contributed by atoms with E-state index in [1.807, 2.05) is 32.2 Å². The van der Waals surface area contributed by atoms with Gasteiger partial charge in [0.1, 0.15) is 0 Å². The normalized spacial score (nSPS) is 10.5. The number of hydrogen-bond acceptors (Lipinski definition) is 2. The van der Waals surface area contributed by atoms with Gasteiger partial charge in [0, 0.05) is 19.3 Å². The van der Waals surface area contributed by atoms with Crippen molar-refractivity contribution in [2.45, 2.75) is 33.6 Å². The van der Waals surface area contributed by atoms with Crippen LogP contribution in [0.1, 0.15) is 42.6 Å². The zero-order valence-electron chi connectivity index (χ0n) is 11.8. The minimum absolute atomic E-state index is 0.00579. The van der Waals surface area contributed by atoms with E-state index in [0.29, 0.717) is 11.5 Å². The minimum atomic E-state index is 0.00579. The number of benzene rings is 1. The Morgan fingerprint density at radius 2 is 1.94 bits per heavy atom. The second-order valence-corrected chi connectivity index (χ2v) is 4.69. The summed E-state index contributed by atoms with van der Waals surface area (Å²) < 4.78 is 0. The maximum absolute atomic E-state index is 12.1. The van der Waals surface area contributed by atoms with Gasteiger partial charge < -0.3 is 10.6 Å². The van der Waals surface area contributed by atoms with Crippen LogP contribution in [0.2, 0.25) is 0 Å². The average molecular weight is 248 g/mol. The highest BCUT2D eigenvalue weighted by Gasteiger charge is 2.12. The Balaban J connectivity index is 2.72. The first-order chi connectivity index (χ1) is 8.62. The molecule has 100 valence electrons. The first-order valence-corrected chi connectivity index (χ1v) is 6.68. The molecule has 0 aliphatic carbocycles. The van der Waals surface area contributed by atoms with Crippen LogP contribution in [0.5, 0.6) is 0 Å². The number of aryl methyl sites for hydroxylation is 1. The lowest BCUT2D eigenvalue weighted by Crippen LogP contribution is -2.29. The number of carbonyl (C=O) groups excluding carboxylic acids is 1. The zero-order chi connectivity index (χ0) is 13.5. The highest BCUT2D eigenvalue weighted by molar-refractivity contribution is 5.99. The Morgan fingerprint density at radius 3 is 2.50 bits per heavy atom. The third-order valence-electron chi connectivity index (χ3n) is 3.40. The molecule has 0 heterocycles. The molecule has 0 saturated carbocycles. The second-order valence-electron chi connectivity index (χ2n) is 4.69. The fourth-order valence-corrected chi connectivity index (χ4v) is 1.97. The third-order valence-corrected chi connectivity index (χ3v) is 3.40. The lowest BCUT2D eigenvalue weighted by Gasteiger charge is -2.15. The maximum Gasteiger partial charge on any atom is 0.253 e. The highest BCUT2D eigenvalue weighted by atomic mass is 16.1. The van der Waals surface area contributed by atoms with Crippen molar-refractivity contribution in [1.29, 1.82) is 0 Å². The van der Waals surface area contributed by atoms with Crippen LogP contribution in [0.25, 0.3) is 0 Å². The predicted octanol–water partition coefficient (Wildman–Crippen LogP) is 3.20. The Bertz CT molecular complexity index is 397. The minimum Gasteiger partial charge on any atom is -0.387 e. The number of carbonyl (C=O) groups is 1. The molecule has 0 atom stereocenters. The Kier molecular flexibility index (Phi) is 5.69. The average Bonchev–Trinajstić information content (AvgIpc) is 2.39. The lowest BCUT2D eigenvalue weighted by atomic mass is 10.0. The summed E-state index contributed by atoms with van der Waals surface area (Å²) in [6.45, 7) is 7.09. The number of hydrogen-bond donors (Lipinski definition) is 2. The molecule has 0 saturated heterocycles. The van der Waals surface area contributed by atoms with Gasteiger partial charge in [-0.15, -0.1) is 0 Å². The molecule has 1 rings (SSSR count). The van der Waals surface area contributed by atoms with Crippen molar-refractivity contribution in [1.82, 2.24) is 5.32 Å². The molecule has 0 aliphatic rings. The molecule has 0 fully saturated rings. The van der Waals surface area contributed by atoms with E-state index in [0.717, 1.165) is 30.6 Å². The largest absolute Gasteiger partial charge is 0.387 e. The molecule has 0 spiro atoms. The van der Waals surface area contributed by atoms with Crippen molar-refractivity contribution in [3.63, 3.8) is 0 Å². The smallest absolute Gasteiger partial charge is 0.253 e. The molecule has 1 aromatic rings. The summed E-state index contributed by atoms with van der Waals surface area (Å²) in [5.74, 6) is 0.573. The summed E-state index contributed by atoms with van der Waals surface area (Å²) >= 11 is 0. The van der Waals surface area contributed by atoms with Crippen molar-refractivity contribution in [3.8, 4) is 0 Å². The molecule has 0 bridgehead atoms. The van der Waals surface area contributed by atoms with Crippen molar-refractivity contribution in [2.75, 3.05) is 18.9 Å². The van der Waals surface area contributed by atoms with Gasteiger partial charge in [-0.1, -0.05) is 32.8 Å². The van der Waals surface area contributed by atoms with E-state index >= 15 is 0 Å². The summed E-state index contributed by atoms with van der Waals surface area (Å²) in [4.78, 5) is 12.1. The molecule has 3 heteroatoms. The van der Waals surface area contributed by atoms with E-state index in [1.165, 1.54) is 0 Å². The standard InChI is InChI=1S/C15H24N2O/c1-5-12(6-2)10-17-15(18)13-8-7-11(3)9-14(13)16-4/h7-9,12,16H,5-6,10H2,1-4H3,(H,17,18). The van der Waals surface area contributed by atoms with Gasteiger partial charge in [0.25, 0.3) is 5.91 Å². The third kappa shape index (κ3) is 3.76. The van der Waals surface area contributed by atoms with E-state index in [2.05, 4.69) is 24.5 Å². The number of amides is 1. The van der Waals surface area contributed by atoms with Crippen molar-refractivity contribution < 1.29 is 4.79 Å². The van der Waals surface area contributed by atoms with Gasteiger partial charge in [-0.05, 0) is 30.5 Å². The van der Waals surface area contributed by atoms with E-state index in [-0.39, 0.29) is 5.91 Å². The van der Waals surface area contributed by atoms with Crippen molar-refractivity contribution in [3.05, 3.63) is 29.3 Å². The first kappa shape index (κ1) is 14.6. The van der Waals surface area contributed by atoms with Gasteiger partial charge in [0.2, 0.25) is 0 Å². The van der Waals surface area contributed by atoms with Crippen LogP contribution in [0.3, 0.4) is 0 Å². The summed E-state index contributed by atoms with van der Waals surface area (Å²) in [5, 5.41) is 6.09. The monoisotopic (exact) mass is 248 g/mol. The van der Waals surface area contributed by atoms with Gasteiger partial charge in [-0.25, -0.2) is 0 Å². The predicted molar refractivity (Wildman–Crippen MR) is 77.1 cm³/mol. The van der Waals surface area contributed by atoms with Gasteiger partial charge >= 0.3 is 0 Å². The Labute approximate surface area is 110 Å². The molecular weight excluding hydrogens is 224 g/mol. The summed E-state index contributed by atoms with van der Waals surface area (Å²) in [5.41, 5.74) is 2.75. The van der Waals surface area contributed by atoms with Crippen LogP contribution >= 0.6 is 0 Å².